The first-order chi connectivity index (χ1) is 8.36. The largest absolute Gasteiger partial charge is 0.494 e. The lowest BCUT2D eigenvalue weighted by atomic mass is 10.0. The number of hydrogen-bond donors (Lipinski definition) is 0. The Morgan fingerprint density at radius 2 is 1.88 bits per heavy atom. The zero-order chi connectivity index (χ0) is 11.9. The van der Waals surface area contributed by atoms with Crippen molar-refractivity contribution in [3.63, 3.8) is 0 Å². The molecular weight excluding hydrogens is 276 g/mol. The van der Waals surface area contributed by atoms with E-state index >= 15 is 0 Å². The standard InChI is InChI=1S/C15H21BrO/c16-15(13-7-4-5-8-13)11-6-12-17-14-9-2-1-3-10-14/h1-3,9-10,13,15H,4-8,11-12H2. The Bertz CT molecular complexity index is 306. The highest BCUT2D eigenvalue weighted by Crippen LogP contribution is 2.33. The molecule has 1 aliphatic carbocycles. The molecule has 0 spiro atoms. The molecule has 1 aromatic rings. The van der Waals surface area contributed by atoms with Gasteiger partial charge in [0.2, 0.25) is 0 Å². The van der Waals surface area contributed by atoms with Gasteiger partial charge in [0.25, 0.3) is 0 Å². The van der Waals surface area contributed by atoms with E-state index in [0.717, 1.165) is 24.7 Å². The SMILES string of the molecule is BrC(CCCOc1ccccc1)C1CCCC1. The van der Waals surface area contributed by atoms with Crippen LogP contribution in [0.3, 0.4) is 0 Å². The molecule has 0 saturated heterocycles. The van der Waals surface area contributed by atoms with Gasteiger partial charge in [-0.25, -0.2) is 0 Å². The van der Waals surface area contributed by atoms with E-state index in [4.69, 9.17) is 4.74 Å². The van der Waals surface area contributed by atoms with Crippen molar-refractivity contribution >= 4 is 15.9 Å². The third-order valence-corrected chi connectivity index (χ3v) is 4.75. The molecule has 0 amide bonds. The first-order valence-electron chi connectivity index (χ1n) is 6.68. The molecule has 1 nitrogen and oxygen atoms in total. The summed E-state index contributed by atoms with van der Waals surface area (Å²) in [4.78, 5) is 0.698. The lowest BCUT2D eigenvalue weighted by molar-refractivity contribution is 0.301. The molecule has 2 heteroatoms. The van der Waals surface area contributed by atoms with Crippen molar-refractivity contribution in [3.05, 3.63) is 30.3 Å². The maximum atomic E-state index is 5.70. The maximum absolute atomic E-state index is 5.70. The fourth-order valence-corrected chi connectivity index (χ4v) is 3.39. The van der Waals surface area contributed by atoms with E-state index in [1.807, 2.05) is 30.3 Å². The second kappa shape index (κ2) is 7.05. The fraction of sp³-hybridized carbons (Fsp3) is 0.600. The molecule has 1 atom stereocenters. The van der Waals surface area contributed by atoms with Gasteiger partial charge in [-0.3, -0.25) is 0 Å². The predicted octanol–water partition coefficient (Wildman–Crippen LogP) is 4.80. The summed E-state index contributed by atoms with van der Waals surface area (Å²) < 4.78 is 5.70. The predicted molar refractivity (Wildman–Crippen MR) is 75.8 cm³/mol. The molecule has 1 aliphatic rings. The van der Waals surface area contributed by atoms with E-state index < -0.39 is 0 Å². The number of benzene rings is 1. The monoisotopic (exact) mass is 296 g/mol. The smallest absolute Gasteiger partial charge is 0.119 e. The second-order valence-corrected chi connectivity index (χ2v) is 6.04. The molecule has 0 aromatic heterocycles. The van der Waals surface area contributed by atoms with Crippen LogP contribution in [0.25, 0.3) is 0 Å². The van der Waals surface area contributed by atoms with Crippen LogP contribution in [-0.4, -0.2) is 11.4 Å². The van der Waals surface area contributed by atoms with Crippen molar-refractivity contribution in [2.24, 2.45) is 5.92 Å². The van der Waals surface area contributed by atoms with Gasteiger partial charge in [0.1, 0.15) is 5.75 Å². The molecule has 0 N–H and O–H groups in total. The van der Waals surface area contributed by atoms with Crippen LogP contribution in [0.2, 0.25) is 0 Å². The van der Waals surface area contributed by atoms with E-state index in [9.17, 15) is 0 Å². The number of hydrogen-bond acceptors (Lipinski definition) is 1. The van der Waals surface area contributed by atoms with Gasteiger partial charge in [0.05, 0.1) is 6.61 Å². The molecule has 0 aliphatic heterocycles. The Balaban J connectivity index is 1.59. The Kier molecular flexibility index (Phi) is 5.37. The molecule has 94 valence electrons. The minimum Gasteiger partial charge on any atom is -0.494 e. The molecule has 1 aromatic carbocycles. The van der Waals surface area contributed by atoms with Gasteiger partial charge in [-0.2, -0.15) is 0 Å². The van der Waals surface area contributed by atoms with Crippen molar-refractivity contribution < 1.29 is 4.74 Å². The summed E-state index contributed by atoms with van der Waals surface area (Å²) in [7, 11) is 0. The summed E-state index contributed by atoms with van der Waals surface area (Å²) in [6.07, 6.45) is 8.05. The van der Waals surface area contributed by atoms with E-state index in [2.05, 4.69) is 15.9 Å². The average molecular weight is 297 g/mol. The van der Waals surface area contributed by atoms with Gasteiger partial charge < -0.3 is 4.74 Å². The highest BCUT2D eigenvalue weighted by molar-refractivity contribution is 9.09. The van der Waals surface area contributed by atoms with Crippen molar-refractivity contribution in [1.82, 2.24) is 0 Å². The Morgan fingerprint density at radius 1 is 1.18 bits per heavy atom. The van der Waals surface area contributed by atoms with Crippen LogP contribution in [0.1, 0.15) is 38.5 Å². The van der Waals surface area contributed by atoms with Gasteiger partial charge in [-0.15, -0.1) is 0 Å². The van der Waals surface area contributed by atoms with Crippen LogP contribution in [0.4, 0.5) is 0 Å². The summed E-state index contributed by atoms with van der Waals surface area (Å²) in [6, 6.07) is 10.1. The molecule has 0 radical (unpaired) electrons. The summed E-state index contributed by atoms with van der Waals surface area (Å²) in [6.45, 7) is 0.832. The van der Waals surface area contributed by atoms with Gasteiger partial charge in [-0.05, 0) is 43.7 Å². The van der Waals surface area contributed by atoms with Crippen LogP contribution in [-0.2, 0) is 0 Å². The number of rotatable bonds is 6. The van der Waals surface area contributed by atoms with Gasteiger partial charge in [0, 0.05) is 4.83 Å². The third-order valence-electron chi connectivity index (χ3n) is 3.55. The highest BCUT2D eigenvalue weighted by atomic mass is 79.9. The normalized spacial score (nSPS) is 18.2. The molecule has 0 bridgehead atoms. The van der Waals surface area contributed by atoms with Gasteiger partial charge >= 0.3 is 0 Å². The molecule has 1 fully saturated rings. The molecule has 1 unspecified atom stereocenters. The minimum atomic E-state index is 0.698. The van der Waals surface area contributed by atoms with E-state index in [1.165, 1.54) is 32.1 Å². The summed E-state index contributed by atoms with van der Waals surface area (Å²) >= 11 is 3.84. The van der Waals surface area contributed by atoms with E-state index in [1.54, 1.807) is 0 Å². The van der Waals surface area contributed by atoms with Crippen LogP contribution in [0, 0.1) is 5.92 Å². The number of ether oxygens (including phenoxy) is 1. The van der Waals surface area contributed by atoms with Crippen molar-refractivity contribution in [2.75, 3.05) is 6.61 Å². The lowest BCUT2D eigenvalue weighted by Gasteiger charge is -2.16. The molecule has 17 heavy (non-hydrogen) atoms. The van der Waals surface area contributed by atoms with Gasteiger partial charge in [0.15, 0.2) is 0 Å². The number of alkyl halides is 1. The van der Waals surface area contributed by atoms with Crippen molar-refractivity contribution in [3.8, 4) is 5.75 Å². The Hall–Kier alpha value is -0.500. The van der Waals surface area contributed by atoms with Crippen LogP contribution < -0.4 is 4.74 Å². The van der Waals surface area contributed by atoms with Gasteiger partial charge in [-0.1, -0.05) is 47.0 Å². The molecular formula is C15H21BrO. The minimum absolute atomic E-state index is 0.698. The van der Waals surface area contributed by atoms with E-state index in [0.29, 0.717) is 4.83 Å². The van der Waals surface area contributed by atoms with Crippen LogP contribution in [0.5, 0.6) is 5.75 Å². The zero-order valence-electron chi connectivity index (χ0n) is 10.3. The highest BCUT2D eigenvalue weighted by Gasteiger charge is 2.22. The average Bonchev–Trinajstić information content (AvgIpc) is 2.89. The molecule has 0 heterocycles. The Labute approximate surface area is 113 Å². The lowest BCUT2D eigenvalue weighted by Crippen LogP contribution is -2.12. The Morgan fingerprint density at radius 3 is 2.59 bits per heavy atom. The van der Waals surface area contributed by atoms with Crippen molar-refractivity contribution in [2.45, 2.75) is 43.4 Å². The van der Waals surface area contributed by atoms with Crippen LogP contribution >= 0.6 is 15.9 Å². The first-order valence-corrected chi connectivity index (χ1v) is 7.60. The van der Waals surface area contributed by atoms with Crippen LogP contribution in [0.15, 0.2) is 30.3 Å². The second-order valence-electron chi connectivity index (χ2n) is 4.86. The zero-order valence-corrected chi connectivity index (χ0v) is 11.9. The van der Waals surface area contributed by atoms with E-state index in [-0.39, 0.29) is 0 Å². The quantitative estimate of drug-likeness (QED) is 0.541. The summed E-state index contributed by atoms with van der Waals surface area (Å²) in [5.41, 5.74) is 0. The summed E-state index contributed by atoms with van der Waals surface area (Å²) in [5.74, 6) is 1.89. The third kappa shape index (κ3) is 4.34. The topological polar surface area (TPSA) is 9.23 Å². The number of halogens is 1. The molecule has 2 rings (SSSR count). The summed E-state index contributed by atoms with van der Waals surface area (Å²) in [5, 5.41) is 0. The molecule has 1 saturated carbocycles. The fourth-order valence-electron chi connectivity index (χ4n) is 2.54. The maximum Gasteiger partial charge on any atom is 0.119 e. The van der Waals surface area contributed by atoms with Crippen molar-refractivity contribution in [1.29, 1.82) is 0 Å². The number of para-hydroxylation sites is 1. The first kappa shape index (κ1) is 12.9.